The third-order valence-electron chi connectivity index (χ3n) is 2.88. The van der Waals surface area contributed by atoms with Gasteiger partial charge in [-0.25, -0.2) is 0 Å². The Morgan fingerprint density at radius 3 is 2.22 bits per heavy atom. The van der Waals surface area contributed by atoms with E-state index < -0.39 is 0 Å². The van der Waals surface area contributed by atoms with Crippen LogP contribution in [-0.4, -0.2) is 0 Å². The Morgan fingerprint density at radius 1 is 1.44 bits per heavy atom. The van der Waals surface area contributed by atoms with Gasteiger partial charge in [0.2, 0.25) is 0 Å². The van der Waals surface area contributed by atoms with Gasteiger partial charge in [-0.15, -0.1) is 0 Å². The van der Waals surface area contributed by atoms with Crippen LogP contribution in [0.15, 0.2) is 0 Å². The van der Waals surface area contributed by atoms with Crippen LogP contribution in [0.25, 0.3) is 0 Å². The fraction of sp³-hybridized carbons (Fsp3) is 1.00. The van der Waals surface area contributed by atoms with Crippen molar-refractivity contribution in [2.24, 2.45) is 11.3 Å². The Balaban J connectivity index is 2.28. The molecule has 0 heteroatoms. The van der Waals surface area contributed by atoms with E-state index in [2.05, 4.69) is 20.8 Å². The normalized spacial score (nSPS) is 31.7. The molecule has 1 aliphatic carbocycles. The molecule has 0 aromatic heterocycles. The Hall–Kier alpha value is 0. The average molecular weight is 126 g/mol. The summed E-state index contributed by atoms with van der Waals surface area (Å²) in [6, 6.07) is 0. The fourth-order valence-corrected chi connectivity index (χ4v) is 1.81. The van der Waals surface area contributed by atoms with Crippen molar-refractivity contribution in [2.45, 2.75) is 46.5 Å². The minimum atomic E-state index is 0.690. The van der Waals surface area contributed by atoms with Gasteiger partial charge >= 0.3 is 0 Å². The maximum Gasteiger partial charge on any atom is -0.0326 e. The zero-order valence-electron chi connectivity index (χ0n) is 6.91. The van der Waals surface area contributed by atoms with Crippen molar-refractivity contribution in [3.05, 3.63) is 0 Å². The summed E-state index contributed by atoms with van der Waals surface area (Å²) in [5, 5.41) is 0. The van der Waals surface area contributed by atoms with Crippen molar-refractivity contribution in [1.29, 1.82) is 0 Å². The summed E-state index contributed by atoms with van der Waals surface area (Å²) in [6.45, 7) is 7.09. The Bertz CT molecular complexity index is 92.2. The molecule has 1 rings (SSSR count). The summed E-state index contributed by atoms with van der Waals surface area (Å²) < 4.78 is 0. The molecule has 1 atom stereocenters. The second-order valence-corrected chi connectivity index (χ2v) is 4.01. The van der Waals surface area contributed by atoms with Crippen molar-refractivity contribution >= 4 is 0 Å². The lowest BCUT2D eigenvalue weighted by Crippen LogP contribution is -2.34. The second-order valence-electron chi connectivity index (χ2n) is 4.01. The van der Waals surface area contributed by atoms with E-state index >= 15 is 0 Å². The molecule has 1 unspecified atom stereocenters. The largest absolute Gasteiger partial charge is 0.0654 e. The Labute approximate surface area is 58.7 Å². The van der Waals surface area contributed by atoms with Crippen LogP contribution in [0.3, 0.4) is 0 Å². The fourth-order valence-electron chi connectivity index (χ4n) is 1.81. The predicted molar refractivity (Wildman–Crippen MR) is 41.4 cm³/mol. The highest BCUT2D eigenvalue weighted by Crippen LogP contribution is 2.47. The first-order chi connectivity index (χ1) is 4.17. The van der Waals surface area contributed by atoms with Crippen LogP contribution < -0.4 is 0 Å². The molecule has 0 saturated heterocycles. The van der Waals surface area contributed by atoms with E-state index in [1.807, 2.05) is 0 Å². The summed E-state index contributed by atoms with van der Waals surface area (Å²) in [6.07, 6.45) is 5.76. The summed E-state index contributed by atoms with van der Waals surface area (Å²) in [4.78, 5) is 0. The SMILES string of the molecule is CCCC1CCC1(C)C. The minimum Gasteiger partial charge on any atom is -0.0654 e. The Kier molecular flexibility index (Phi) is 1.83. The molecular weight excluding hydrogens is 108 g/mol. The lowest BCUT2D eigenvalue weighted by atomic mass is 9.61. The summed E-state index contributed by atoms with van der Waals surface area (Å²) in [5.74, 6) is 1.04. The predicted octanol–water partition coefficient (Wildman–Crippen LogP) is 3.22. The number of rotatable bonds is 2. The van der Waals surface area contributed by atoms with Crippen LogP contribution in [0.1, 0.15) is 46.5 Å². The monoisotopic (exact) mass is 126 g/mol. The molecule has 0 nitrogen and oxygen atoms in total. The molecule has 0 radical (unpaired) electrons. The molecule has 9 heavy (non-hydrogen) atoms. The average Bonchev–Trinajstić information content (AvgIpc) is 1.81. The van der Waals surface area contributed by atoms with Crippen LogP contribution in [0.2, 0.25) is 0 Å². The molecule has 0 aliphatic heterocycles. The molecule has 1 saturated carbocycles. The molecule has 1 fully saturated rings. The molecule has 0 aromatic rings. The zero-order chi connectivity index (χ0) is 6.91. The quantitative estimate of drug-likeness (QED) is 0.533. The molecular formula is C9H18. The van der Waals surface area contributed by atoms with E-state index in [0.717, 1.165) is 5.92 Å². The van der Waals surface area contributed by atoms with Gasteiger partial charge in [-0.1, -0.05) is 33.6 Å². The van der Waals surface area contributed by atoms with Gasteiger partial charge in [0.05, 0.1) is 0 Å². The van der Waals surface area contributed by atoms with Crippen molar-refractivity contribution in [2.75, 3.05) is 0 Å². The third kappa shape index (κ3) is 1.28. The first kappa shape index (κ1) is 7.11. The van der Waals surface area contributed by atoms with E-state index in [1.165, 1.54) is 25.7 Å². The summed E-state index contributed by atoms with van der Waals surface area (Å²) in [5.41, 5.74) is 0.690. The third-order valence-corrected chi connectivity index (χ3v) is 2.88. The smallest absolute Gasteiger partial charge is 0.0326 e. The Morgan fingerprint density at radius 2 is 2.11 bits per heavy atom. The van der Waals surface area contributed by atoms with Gasteiger partial charge in [0.1, 0.15) is 0 Å². The number of hydrogen-bond acceptors (Lipinski definition) is 0. The van der Waals surface area contributed by atoms with E-state index in [0.29, 0.717) is 5.41 Å². The van der Waals surface area contributed by atoms with Crippen LogP contribution in [0.5, 0.6) is 0 Å². The van der Waals surface area contributed by atoms with E-state index in [-0.39, 0.29) is 0 Å². The summed E-state index contributed by atoms with van der Waals surface area (Å²) >= 11 is 0. The van der Waals surface area contributed by atoms with Crippen molar-refractivity contribution < 1.29 is 0 Å². The van der Waals surface area contributed by atoms with Gasteiger partial charge in [0.25, 0.3) is 0 Å². The standard InChI is InChI=1S/C9H18/c1-4-5-8-6-7-9(8,2)3/h8H,4-7H2,1-3H3. The van der Waals surface area contributed by atoms with Gasteiger partial charge in [-0.2, -0.15) is 0 Å². The van der Waals surface area contributed by atoms with Crippen molar-refractivity contribution in [3.8, 4) is 0 Å². The highest BCUT2D eigenvalue weighted by atomic mass is 14.4. The summed E-state index contributed by atoms with van der Waals surface area (Å²) in [7, 11) is 0. The van der Waals surface area contributed by atoms with Gasteiger partial charge in [-0.05, 0) is 24.2 Å². The van der Waals surface area contributed by atoms with Crippen LogP contribution in [-0.2, 0) is 0 Å². The van der Waals surface area contributed by atoms with Crippen molar-refractivity contribution in [3.63, 3.8) is 0 Å². The second kappa shape index (κ2) is 2.32. The lowest BCUT2D eigenvalue weighted by Gasteiger charge is -2.44. The van der Waals surface area contributed by atoms with Crippen LogP contribution in [0.4, 0.5) is 0 Å². The van der Waals surface area contributed by atoms with E-state index in [9.17, 15) is 0 Å². The molecule has 0 aromatic carbocycles. The van der Waals surface area contributed by atoms with Crippen LogP contribution in [0, 0.1) is 11.3 Å². The highest BCUT2D eigenvalue weighted by molar-refractivity contribution is 4.87. The molecule has 54 valence electrons. The first-order valence-electron chi connectivity index (χ1n) is 4.17. The maximum atomic E-state index is 2.40. The van der Waals surface area contributed by atoms with Gasteiger partial charge in [0.15, 0.2) is 0 Å². The zero-order valence-corrected chi connectivity index (χ0v) is 6.91. The lowest BCUT2D eigenvalue weighted by molar-refractivity contribution is 0.0640. The van der Waals surface area contributed by atoms with Gasteiger partial charge in [0, 0.05) is 0 Å². The minimum absolute atomic E-state index is 0.690. The molecule has 0 amide bonds. The number of hydrogen-bond donors (Lipinski definition) is 0. The van der Waals surface area contributed by atoms with Gasteiger partial charge < -0.3 is 0 Å². The topological polar surface area (TPSA) is 0 Å². The molecule has 0 N–H and O–H groups in total. The van der Waals surface area contributed by atoms with E-state index in [4.69, 9.17) is 0 Å². The molecule has 1 aliphatic rings. The highest BCUT2D eigenvalue weighted by Gasteiger charge is 2.36. The van der Waals surface area contributed by atoms with Crippen LogP contribution >= 0.6 is 0 Å². The van der Waals surface area contributed by atoms with Crippen molar-refractivity contribution in [1.82, 2.24) is 0 Å². The molecule has 0 bridgehead atoms. The molecule has 0 spiro atoms. The van der Waals surface area contributed by atoms with Gasteiger partial charge in [-0.3, -0.25) is 0 Å². The maximum absolute atomic E-state index is 2.40. The van der Waals surface area contributed by atoms with E-state index in [1.54, 1.807) is 0 Å². The first-order valence-corrected chi connectivity index (χ1v) is 4.17. The molecule has 0 heterocycles.